The van der Waals surface area contributed by atoms with Crippen LogP contribution >= 0.6 is 0 Å². The summed E-state index contributed by atoms with van der Waals surface area (Å²) in [6.07, 6.45) is 7.07. The normalized spacial score (nSPS) is 28.6. The largest absolute Gasteiger partial charge is 0.378 e. The first-order valence-electron chi connectivity index (χ1n) is 9.62. The van der Waals surface area contributed by atoms with Crippen molar-refractivity contribution in [3.05, 3.63) is 0 Å². The third-order valence-electron chi connectivity index (χ3n) is 5.50. The van der Waals surface area contributed by atoms with Crippen LogP contribution in [0.15, 0.2) is 0 Å². The Morgan fingerprint density at radius 3 is 2.09 bits per heavy atom. The zero-order chi connectivity index (χ0) is 15.9. The summed E-state index contributed by atoms with van der Waals surface area (Å²) in [4.78, 5) is 5.31. The maximum absolute atomic E-state index is 6.05. The van der Waals surface area contributed by atoms with Gasteiger partial charge in [0.1, 0.15) is 0 Å². The molecule has 0 spiro atoms. The molecule has 0 aromatic carbocycles. The van der Waals surface area contributed by atoms with Gasteiger partial charge in [-0.1, -0.05) is 13.8 Å². The van der Waals surface area contributed by atoms with Gasteiger partial charge in [0.15, 0.2) is 0 Å². The first-order chi connectivity index (χ1) is 10.5. The zero-order valence-corrected chi connectivity index (χ0v) is 15.4. The molecule has 0 bridgehead atoms. The Bertz CT molecular complexity index is 290. The summed E-state index contributed by atoms with van der Waals surface area (Å²) in [6.45, 7) is 16.5. The summed E-state index contributed by atoms with van der Waals surface area (Å²) in [7, 11) is 0. The van der Waals surface area contributed by atoms with Crippen LogP contribution in [-0.4, -0.2) is 61.3 Å². The van der Waals surface area contributed by atoms with Crippen LogP contribution in [0.4, 0.5) is 0 Å². The molecule has 1 heterocycles. The molecule has 0 aromatic rings. The fourth-order valence-electron chi connectivity index (χ4n) is 3.78. The third kappa shape index (κ3) is 6.17. The molecular weight excluding hydrogens is 272 g/mol. The summed E-state index contributed by atoms with van der Waals surface area (Å²) < 4.78 is 6.05. The molecule has 0 aromatic heterocycles. The number of nitrogens with zero attached hydrogens (tertiary/aromatic N) is 2. The van der Waals surface area contributed by atoms with Crippen molar-refractivity contribution < 1.29 is 4.74 Å². The minimum absolute atomic E-state index is 0.549. The highest BCUT2D eigenvalue weighted by molar-refractivity contribution is 4.79. The molecule has 2 fully saturated rings. The van der Waals surface area contributed by atoms with Crippen LogP contribution in [0.5, 0.6) is 0 Å². The van der Waals surface area contributed by atoms with E-state index in [0.717, 1.165) is 18.4 Å². The van der Waals surface area contributed by atoms with Gasteiger partial charge in [0.2, 0.25) is 0 Å². The standard InChI is InChI=1S/C19H38N2O/c1-16(2)9-14-22-19-7-5-18(6-8-19)15-20-10-12-21(13-11-20)17(3)4/h16-19H,5-15H2,1-4H3. The average molecular weight is 311 g/mol. The van der Waals surface area contributed by atoms with Crippen molar-refractivity contribution in [2.45, 2.75) is 71.9 Å². The monoisotopic (exact) mass is 310 g/mol. The molecule has 1 saturated heterocycles. The number of rotatable bonds is 7. The van der Waals surface area contributed by atoms with E-state index in [-0.39, 0.29) is 0 Å². The molecule has 22 heavy (non-hydrogen) atoms. The molecule has 130 valence electrons. The van der Waals surface area contributed by atoms with Crippen LogP contribution in [0.2, 0.25) is 0 Å². The predicted octanol–water partition coefficient (Wildman–Crippen LogP) is 3.63. The summed E-state index contributed by atoms with van der Waals surface area (Å²) in [6, 6.07) is 0.709. The SMILES string of the molecule is CC(C)CCOC1CCC(CN2CCN(C(C)C)CC2)CC1. The van der Waals surface area contributed by atoms with E-state index in [9.17, 15) is 0 Å². The van der Waals surface area contributed by atoms with Crippen molar-refractivity contribution in [2.24, 2.45) is 11.8 Å². The van der Waals surface area contributed by atoms with Gasteiger partial charge in [-0.3, -0.25) is 4.90 Å². The lowest BCUT2D eigenvalue weighted by atomic mass is 9.87. The Morgan fingerprint density at radius 2 is 1.55 bits per heavy atom. The molecule has 2 aliphatic rings. The molecule has 1 saturated carbocycles. The van der Waals surface area contributed by atoms with Gasteiger partial charge in [0.25, 0.3) is 0 Å². The van der Waals surface area contributed by atoms with E-state index in [1.54, 1.807) is 0 Å². The van der Waals surface area contributed by atoms with Gasteiger partial charge >= 0.3 is 0 Å². The lowest BCUT2D eigenvalue weighted by Gasteiger charge is -2.39. The highest BCUT2D eigenvalue weighted by Gasteiger charge is 2.25. The molecule has 0 N–H and O–H groups in total. The fraction of sp³-hybridized carbons (Fsp3) is 1.00. The van der Waals surface area contributed by atoms with Gasteiger partial charge < -0.3 is 9.64 Å². The van der Waals surface area contributed by atoms with E-state index in [0.29, 0.717) is 12.1 Å². The Labute approximate surface area is 138 Å². The van der Waals surface area contributed by atoms with E-state index < -0.39 is 0 Å². The van der Waals surface area contributed by atoms with Gasteiger partial charge in [0, 0.05) is 45.4 Å². The minimum Gasteiger partial charge on any atom is -0.378 e. The summed E-state index contributed by atoms with van der Waals surface area (Å²) in [5.41, 5.74) is 0. The van der Waals surface area contributed by atoms with Crippen molar-refractivity contribution in [1.82, 2.24) is 9.80 Å². The van der Waals surface area contributed by atoms with Gasteiger partial charge in [-0.05, 0) is 57.8 Å². The lowest BCUT2D eigenvalue weighted by Crippen LogP contribution is -2.50. The van der Waals surface area contributed by atoms with Gasteiger partial charge in [0.05, 0.1) is 6.10 Å². The van der Waals surface area contributed by atoms with E-state index in [4.69, 9.17) is 4.74 Å². The van der Waals surface area contributed by atoms with Gasteiger partial charge in [-0.25, -0.2) is 0 Å². The van der Waals surface area contributed by atoms with Crippen molar-refractivity contribution in [1.29, 1.82) is 0 Å². The Kier molecular flexibility index (Phi) is 7.66. The minimum atomic E-state index is 0.549. The second-order valence-corrected chi connectivity index (χ2v) is 8.13. The highest BCUT2D eigenvalue weighted by Crippen LogP contribution is 2.27. The fourth-order valence-corrected chi connectivity index (χ4v) is 3.78. The predicted molar refractivity (Wildman–Crippen MR) is 94.3 cm³/mol. The quantitative estimate of drug-likeness (QED) is 0.714. The number of piperazine rings is 1. The smallest absolute Gasteiger partial charge is 0.0575 e. The number of hydrogen-bond acceptors (Lipinski definition) is 3. The Morgan fingerprint density at radius 1 is 0.909 bits per heavy atom. The van der Waals surface area contributed by atoms with E-state index in [2.05, 4.69) is 37.5 Å². The van der Waals surface area contributed by atoms with Crippen LogP contribution < -0.4 is 0 Å². The highest BCUT2D eigenvalue weighted by atomic mass is 16.5. The molecule has 1 aliphatic carbocycles. The second-order valence-electron chi connectivity index (χ2n) is 8.13. The molecule has 0 unspecified atom stereocenters. The van der Waals surface area contributed by atoms with Crippen molar-refractivity contribution >= 4 is 0 Å². The molecule has 0 amide bonds. The van der Waals surface area contributed by atoms with Gasteiger partial charge in [-0.15, -0.1) is 0 Å². The first-order valence-corrected chi connectivity index (χ1v) is 9.62. The van der Waals surface area contributed by atoms with E-state index >= 15 is 0 Å². The third-order valence-corrected chi connectivity index (χ3v) is 5.50. The summed E-state index contributed by atoms with van der Waals surface area (Å²) in [5, 5.41) is 0. The Hall–Kier alpha value is -0.120. The average Bonchev–Trinajstić information content (AvgIpc) is 2.49. The van der Waals surface area contributed by atoms with Crippen LogP contribution in [0.1, 0.15) is 59.8 Å². The molecule has 0 radical (unpaired) electrons. The topological polar surface area (TPSA) is 15.7 Å². The number of ether oxygens (including phenoxy) is 1. The number of hydrogen-bond donors (Lipinski definition) is 0. The van der Waals surface area contributed by atoms with Crippen LogP contribution in [0.3, 0.4) is 0 Å². The molecule has 1 aliphatic heterocycles. The zero-order valence-electron chi connectivity index (χ0n) is 15.4. The molecule has 2 rings (SSSR count). The lowest BCUT2D eigenvalue weighted by molar-refractivity contribution is 0.00637. The Balaban J connectivity index is 1.58. The molecule has 3 nitrogen and oxygen atoms in total. The van der Waals surface area contributed by atoms with Crippen molar-refractivity contribution in [3.63, 3.8) is 0 Å². The maximum Gasteiger partial charge on any atom is 0.0575 e. The van der Waals surface area contributed by atoms with Crippen LogP contribution in [0, 0.1) is 11.8 Å². The van der Waals surface area contributed by atoms with E-state index in [1.165, 1.54) is 64.8 Å². The first kappa shape index (κ1) is 18.2. The van der Waals surface area contributed by atoms with Gasteiger partial charge in [-0.2, -0.15) is 0 Å². The molecule has 3 heteroatoms. The maximum atomic E-state index is 6.05. The van der Waals surface area contributed by atoms with E-state index in [1.807, 2.05) is 0 Å². The second kappa shape index (κ2) is 9.24. The molecule has 0 atom stereocenters. The van der Waals surface area contributed by atoms with Crippen LogP contribution in [0.25, 0.3) is 0 Å². The summed E-state index contributed by atoms with van der Waals surface area (Å²) >= 11 is 0. The van der Waals surface area contributed by atoms with Crippen molar-refractivity contribution in [2.75, 3.05) is 39.3 Å². The van der Waals surface area contributed by atoms with Crippen LogP contribution in [-0.2, 0) is 4.74 Å². The van der Waals surface area contributed by atoms with Crippen molar-refractivity contribution in [3.8, 4) is 0 Å². The molecular formula is C19H38N2O. The summed E-state index contributed by atoms with van der Waals surface area (Å²) in [5.74, 6) is 1.68.